The molecule has 3 rings (SSSR count). The zero-order chi connectivity index (χ0) is 21.4. The van der Waals surface area contributed by atoms with Gasteiger partial charge in [0.1, 0.15) is 11.6 Å². The molecule has 0 unspecified atom stereocenters. The predicted molar refractivity (Wildman–Crippen MR) is 96.7 cm³/mol. The first-order valence-electron chi connectivity index (χ1n) is 8.11. The molecular formula is C17H15F4N5O2S. The van der Waals surface area contributed by atoms with Gasteiger partial charge in [0.25, 0.3) is 0 Å². The SMILES string of the molecule is CNS(=O)(=O)c1ccc(-c2c(F)cc(Cc3nc(N)n[nH]3)cc2C(F)(F)F)cc1. The number of aromatic nitrogens is 3. The number of anilines is 1. The number of nitrogens with one attached hydrogen (secondary N) is 2. The van der Waals surface area contributed by atoms with Crippen molar-refractivity contribution in [2.45, 2.75) is 17.5 Å². The van der Waals surface area contributed by atoms with E-state index in [9.17, 15) is 26.0 Å². The molecule has 0 atom stereocenters. The van der Waals surface area contributed by atoms with Crippen LogP contribution in [0.15, 0.2) is 41.3 Å². The fraction of sp³-hybridized carbons (Fsp3) is 0.176. The number of H-pyrrole nitrogens is 1. The largest absolute Gasteiger partial charge is 0.417 e. The van der Waals surface area contributed by atoms with E-state index in [0.717, 1.165) is 36.4 Å². The monoisotopic (exact) mass is 429 g/mol. The molecule has 12 heteroatoms. The van der Waals surface area contributed by atoms with Crippen LogP contribution in [-0.2, 0) is 22.6 Å². The average molecular weight is 429 g/mol. The fourth-order valence-electron chi connectivity index (χ4n) is 2.78. The smallest absolute Gasteiger partial charge is 0.367 e. The molecule has 0 aliphatic heterocycles. The normalized spacial score (nSPS) is 12.3. The molecule has 1 aromatic heterocycles. The zero-order valence-electron chi connectivity index (χ0n) is 14.9. The molecule has 0 fully saturated rings. The molecule has 0 saturated carbocycles. The Morgan fingerprint density at radius 3 is 2.34 bits per heavy atom. The second kappa shape index (κ2) is 7.44. The number of hydrogen-bond acceptors (Lipinski definition) is 5. The van der Waals surface area contributed by atoms with Gasteiger partial charge in [0, 0.05) is 12.0 Å². The van der Waals surface area contributed by atoms with E-state index in [2.05, 4.69) is 19.9 Å². The molecule has 0 spiro atoms. The Morgan fingerprint density at radius 1 is 1.17 bits per heavy atom. The summed E-state index contributed by atoms with van der Waals surface area (Å²) in [5, 5.41) is 6.03. The quantitative estimate of drug-likeness (QED) is 0.540. The van der Waals surface area contributed by atoms with Crippen LogP contribution in [0.4, 0.5) is 23.5 Å². The summed E-state index contributed by atoms with van der Waals surface area (Å²) in [6.07, 6.45) is -4.98. The zero-order valence-corrected chi connectivity index (χ0v) is 15.7. The van der Waals surface area contributed by atoms with Crippen molar-refractivity contribution in [1.29, 1.82) is 0 Å². The highest BCUT2D eigenvalue weighted by molar-refractivity contribution is 7.89. The summed E-state index contributed by atoms with van der Waals surface area (Å²) in [6.45, 7) is 0. The number of nitrogens with two attached hydrogens (primary N) is 1. The third-order valence-electron chi connectivity index (χ3n) is 4.10. The molecule has 0 bridgehead atoms. The predicted octanol–water partition coefficient (Wildman–Crippen LogP) is 2.71. The van der Waals surface area contributed by atoms with Gasteiger partial charge < -0.3 is 5.73 Å². The van der Waals surface area contributed by atoms with E-state index < -0.39 is 33.1 Å². The van der Waals surface area contributed by atoms with Crippen molar-refractivity contribution in [1.82, 2.24) is 19.9 Å². The lowest BCUT2D eigenvalue weighted by Gasteiger charge is -2.16. The van der Waals surface area contributed by atoms with Gasteiger partial charge in [0.2, 0.25) is 16.0 Å². The van der Waals surface area contributed by atoms with E-state index in [1.807, 2.05) is 0 Å². The van der Waals surface area contributed by atoms with Crippen molar-refractivity contribution >= 4 is 16.0 Å². The highest BCUT2D eigenvalue weighted by Gasteiger charge is 2.36. The van der Waals surface area contributed by atoms with E-state index in [1.165, 1.54) is 7.05 Å². The van der Waals surface area contributed by atoms with Gasteiger partial charge in [-0.25, -0.2) is 17.5 Å². The van der Waals surface area contributed by atoms with Crippen LogP contribution in [0.3, 0.4) is 0 Å². The molecule has 154 valence electrons. The lowest BCUT2D eigenvalue weighted by atomic mass is 9.95. The molecule has 7 nitrogen and oxygen atoms in total. The van der Waals surface area contributed by atoms with Crippen molar-refractivity contribution < 1.29 is 26.0 Å². The maximum absolute atomic E-state index is 14.7. The minimum Gasteiger partial charge on any atom is -0.367 e. The van der Waals surface area contributed by atoms with Gasteiger partial charge in [-0.2, -0.15) is 18.2 Å². The number of alkyl halides is 3. The Morgan fingerprint density at radius 2 is 1.83 bits per heavy atom. The lowest BCUT2D eigenvalue weighted by Crippen LogP contribution is -2.18. The summed E-state index contributed by atoms with van der Waals surface area (Å²) in [4.78, 5) is 3.64. The van der Waals surface area contributed by atoms with Crippen LogP contribution in [-0.4, -0.2) is 30.6 Å². The Kier molecular flexibility index (Phi) is 5.32. The van der Waals surface area contributed by atoms with Gasteiger partial charge in [0.05, 0.1) is 10.5 Å². The Balaban J connectivity index is 2.08. The van der Waals surface area contributed by atoms with Crippen LogP contribution in [0.2, 0.25) is 0 Å². The number of nitrogen functional groups attached to an aromatic ring is 1. The third-order valence-corrected chi connectivity index (χ3v) is 5.53. The molecular weight excluding hydrogens is 414 g/mol. The summed E-state index contributed by atoms with van der Waals surface area (Å²) < 4.78 is 81.3. The lowest BCUT2D eigenvalue weighted by molar-refractivity contribution is -0.137. The topological polar surface area (TPSA) is 114 Å². The van der Waals surface area contributed by atoms with Crippen LogP contribution in [0.5, 0.6) is 0 Å². The summed E-state index contributed by atoms with van der Waals surface area (Å²) in [7, 11) is -2.58. The first kappa shape index (κ1) is 20.7. The summed E-state index contributed by atoms with van der Waals surface area (Å²) in [5.74, 6) is -0.999. The second-order valence-corrected chi connectivity index (χ2v) is 7.93. The number of benzene rings is 2. The van der Waals surface area contributed by atoms with Crippen LogP contribution in [0.25, 0.3) is 11.1 Å². The van der Waals surface area contributed by atoms with Gasteiger partial charge in [-0.15, -0.1) is 5.10 Å². The molecule has 1 heterocycles. The van der Waals surface area contributed by atoms with Gasteiger partial charge in [-0.1, -0.05) is 12.1 Å². The van der Waals surface area contributed by atoms with Crippen molar-refractivity contribution in [3.05, 3.63) is 59.2 Å². The van der Waals surface area contributed by atoms with Crippen LogP contribution >= 0.6 is 0 Å². The van der Waals surface area contributed by atoms with Gasteiger partial charge in [-0.05, 0) is 42.4 Å². The highest BCUT2D eigenvalue weighted by atomic mass is 32.2. The minimum absolute atomic E-state index is 0.0177. The summed E-state index contributed by atoms with van der Waals surface area (Å²) in [6, 6.07) is 6.22. The first-order chi connectivity index (χ1) is 13.5. The Hall–Kier alpha value is -2.99. The number of nitrogens with zero attached hydrogens (tertiary/aromatic N) is 2. The van der Waals surface area contributed by atoms with Crippen LogP contribution in [0.1, 0.15) is 17.0 Å². The van der Waals surface area contributed by atoms with Crippen molar-refractivity contribution in [2.75, 3.05) is 12.8 Å². The second-order valence-electron chi connectivity index (χ2n) is 6.05. The van der Waals surface area contributed by atoms with Crippen molar-refractivity contribution in [2.24, 2.45) is 0 Å². The summed E-state index contributed by atoms with van der Waals surface area (Å²) >= 11 is 0. The maximum Gasteiger partial charge on any atom is 0.417 e. The Bertz CT molecular complexity index is 1140. The van der Waals surface area contributed by atoms with Crippen molar-refractivity contribution in [3.63, 3.8) is 0 Å². The third kappa shape index (κ3) is 4.38. The van der Waals surface area contributed by atoms with Gasteiger partial charge in [0.15, 0.2) is 0 Å². The van der Waals surface area contributed by atoms with E-state index in [-0.39, 0.29) is 34.2 Å². The average Bonchev–Trinajstić information content (AvgIpc) is 3.05. The standard InChI is InChI=1S/C17H15F4N5O2S/c1-23-29(27,28)11-4-2-10(3-5-11)15-12(17(19,20)21)6-9(7-13(15)18)8-14-24-16(22)26-25-14/h2-7,23H,8H2,1H3,(H3,22,24,25,26). The molecule has 0 radical (unpaired) electrons. The van der Waals surface area contributed by atoms with Gasteiger partial charge in [-0.3, -0.25) is 5.10 Å². The molecule has 0 aliphatic rings. The van der Waals surface area contributed by atoms with Crippen LogP contribution in [0, 0.1) is 5.82 Å². The summed E-state index contributed by atoms with van der Waals surface area (Å²) in [5.41, 5.74) is 3.40. The maximum atomic E-state index is 14.7. The number of rotatable bonds is 5. The van der Waals surface area contributed by atoms with E-state index in [0.29, 0.717) is 0 Å². The first-order valence-corrected chi connectivity index (χ1v) is 9.60. The number of aromatic amines is 1. The molecule has 3 aromatic rings. The molecule has 0 aliphatic carbocycles. The molecule has 0 saturated heterocycles. The number of hydrogen-bond donors (Lipinski definition) is 3. The molecule has 2 aromatic carbocycles. The number of sulfonamides is 1. The van der Waals surface area contributed by atoms with E-state index in [4.69, 9.17) is 5.73 Å². The fourth-order valence-corrected chi connectivity index (χ4v) is 3.51. The molecule has 4 N–H and O–H groups in total. The van der Waals surface area contributed by atoms with Gasteiger partial charge >= 0.3 is 6.18 Å². The van der Waals surface area contributed by atoms with E-state index >= 15 is 0 Å². The molecule has 0 amide bonds. The van der Waals surface area contributed by atoms with Crippen molar-refractivity contribution in [3.8, 4) is 11.1 Å². The minimum atomic E-state index is -4.84. The van der Waals surface area contributed by atoms with Crippen LogP contribution < -0.4 is 10.5 Å². The highest BCUT2D eigenvalue weighted by Crippen LogP contribution is 2.39. The van der Waals surface area contributed by atoms with E-state index in [1.54, 1.807) is 0 Å². The Labute approximate surface area is 163 Å². The number of halogens is 4. The molecule has 29 heavy (non-hydrogen) atoms.